The van der Waals surface area contributed by atoms with Gasteiger partial charge in [0, 0.05) is 18.7 Å². The van der Waals surface area contributed by atoms with Crippen molar-refractivity contribution in [2.45, 2.75) is 60.3 Å². The molecule has 1 amide bonds. The van der Waals surface area contributed by atoms with Crippen molar-refractivity contribution in [2.75, 3.05) is 31.3 Å². The second-order valence-electron chi connectivity index (χ2n) is 7.96. The van der Waals surface area contributed by atoms with Gasteiger partial charge in [0.15, 0.2) is 0 Å². The van der Waals surface area contributed by atoms with E-state index in [-0.39, 0.29) is 42.7 Å². The number of hydrogen-bond acceptors (Lipinski definition) is 6. The number of allylic oxidation sites excluding steroid dienone is 3. The number of non-ortho nitro benzene ring substituents is 1. The molecule has 0 radical (unpaired) electrons. The van der Waals surface area contributed by atoms with Crippen LogP contribution in [0, 0.1) is 10.1 Å². The van der Waals surface area contributed by atoms with Crippen LogP contribution in [0.3, 0.4) is 0 Å². The predicted molar refractivity (Wildman–Crippen MR) is 130 cm³/mol. The number of unbranched alkanes of at least 4 members (excludes halogenated alkanes) is 1. The van der Waals surface area contributed by atoms with E-state index in [1.165, 1.54) is 34.2 Å². The number of rotatable bonds is 14. The summed E-state index contributed by atoms with van der Waals surface area (Å²) in [5.41, 5.74) is 2.52. The summed E-state index contributed by atoms with van der Waals surface area (Å²) in [7, 11) is 0. The minimum atomic E-state index is -0.632. The van der Waals surface area contributed by atoms with Gasteiger partial charge >= 0.3 is 5.97 Å². The third kappa shape index (κ3) is 9.99. The van der Waals surface area contributed by atoms with Crippen LogP contribution in [0.25, 0.3) is 0 Å². The fourth-order valence-corrected chi connectivity index (χ4v) is 3.05. The summed E-state index contributed by atoms with van der Waals surface area (Å²) in [5, 5.41) is 11.3. The largest absolute Gasteiger partial charge is 0.462 e. The maximum atomic E-state index is 13.0. The SMILES string of the molecule is CCCCN(C(=O)COCC=C(C)CCC=C(C)C)c1cc([N+](=O)[O-])ccc1C(=O)OCC. The summed E-state index contributed by atoms with van der Waals surface area (Å²) in [6, 6.07) is 3.81. The molecule has 8 nitrogen and oxygen atoms in total. The second-order valence-corrected chi connectivity index (χ2v) is 7.96. The van der Waals surface area contributed by atoms with E-state index < -0.39 is 10.9 Å². The number of nitrogens with zero attached hydrogens (tertiary/aromatic N) is 2. The van der Waals surface area contributed by atoms with Gasteiger partial charge in [-0.2, -0.15) is 0 Å². The molecule has 8 heteroatoms. The summed E-state index contributed by atoms with van der Waals surface area (Å²) in [6.07, 6.45) is 7.47. The summed E-state index contributed by atoms with van der Waals surface area (Å²) >= 11 is 0. The molecule has 0 saturated heterocycles. The summed E-state index contributed by atoms with van der Waals surface area (Å²) in [5.74, 6) is -1.00. The number of benzene rings is 1. The molecule has 0 heterocycles. The molecule has 0 N–H and O–H groups in total. The highest BCUT2D eigenvalue weighted by Crippen LogP contribution is 2.28. The number of esters is 1. The van der Waals surface area contributed by atoms with Gasteiger partial charge in [0.05, 0.1) is 29.4 Å². The lowest BCUT2D eigenvalue weighted by Crippen LogP contribution is -2.36. The molecule has 1 rings (SSSR count). The maximum absolute atomic E-state index is 13.0. The molecule has 0 aliphatic heterocycles. The third-order valence-electron chi connectivity index (χ3n) is 4.88. The number of amides is 1. The molecule has 0 atom stereocenters. The highest BCUT2D eigenvalue weighted by Gasteiger charge is 2.25. The van der Waals surface area contributed by atoms with Crippen LogP contribution in [0.15, 0.2) is 41.5 Å². The topological polar surface area (TPSA) is 99.0 Å². The van der Waals surface area contributed by atoms with E-state index in [0.29, 0.717) is 13.0 Å². The van der Waals surface area contributed by atoms with Crippen molar-refractivity contribution in [3.63, 3.8) is 0 Å². The quantitative estimate of drug-likeness (QED) is 0.118. The first-order valence-electron chi connectivity index (χ1n) is 11.3. The first kappa shape index (κ1) is 28.0. The van der Waals surface area contributed by atoms with Crippen LogP contribution in [0.5, 0.6) is 0 Å². The van der Waals surface area contributed by atoms with Gasteiger partial charge in [-0.1, -0.05) is 36.6 Å². The number of ether oxygens (including phenoxy) is 2. The molecule has 33 heavy (non-hydrogen) atoms. The smallest absolute Gasteiger partial charge is 0.340 e. The minimum absolute atomic E-state index is 0.113. The van der Waals surface area contributed by atoms with Gasteiger partial charge in [0.2, 0.25) is 0 Å². The summed E-state index contributed by atoms with van der Waals surface area (Å²) in [4.78, 5) is 37.6. The molecule has 0 aromatic heterocycles. The molecule has 0 unspecified atom stereocenters. The fraction of sp³-hybridized carbons (Fsp3) is 0.520. The van der Waals surface area contributed by atoms with Crippen molar-refractivity contribution in [1.82, 2.24) is 0 Å². The first-order valence-corrected chi connectivity index (χ1v) is 11.3. The van der Waals surface area contributed by atoms with Gasteiger partial charge in [-0.25, -0.2) is 4.79 Å². The van der Waals surface area contributed by atoms with Crippen LogP contribution in [0.4, 0.5) is 11.4 Å². The zero-order valence-electron chi connectivity index (χ0n) is 20.4. The Kier molecular flexibility index (Phi) is 12.7. The molecule has 182 valence electrons. The number of nitro groups is 1. The van der Waals surface area contributed by atoms with E-state index in [4.69, 9.17) is 9.47 Å². The lowest BCUT2D eigenvalue weighted by Gasteiger charge is -2.24. The zero-order chi connectivity index (χ0) is 24.8. The van der Waals surface area contributed by atoms with Crippen molar-refractivity contribution in [3.8, 4) is 0 Å². The van der Waals surface area contributed by atoms with Crippen LogP contribution in [0.1, 0.15) is 70.7 Å². The summed E-state index contributed by atoms with van der Waals surface area (Å²) in [6.45, 7) is 10.3. The van der Waals surface area contributed by atoms with E-state index in [9.17, 15) is 19.7 Å². The van der Waals surface area contributed by atoms with Gasteiger partial charge in [-0.15, -0.1) is 0 Å². The van der Waals surface area contributed by atoms with E-state index >= 15 is 0 Å². The average Bonchev–Trinajstić information content (AvgIpc) is 2.76. The number of carbonyl (C=O) groups excluding carboxylic acids is 2. The maximum Gasteiger partial charge on any atom is 0.340 e. The van der Waals surface area contributed by atoms with Crippen molar-refractivity contribution in [2.24, 2.45) is 0 Å². The molecular formula is C25H36N2O6. The van der Waals surface area contributed by atoms with Crippen LogP contribution < -0.4 is 4.90 Å². The Hall–Kier alpha value is -3.00. The lowest BCUT2D eigenvalue weighted by atomic mass is 10.1. The van der Waals surface area contributed by atoms with Crippen molar-refractivity contribution < 1.29 is 24.0 Å². The minimum Gasteiger partial charge on any atom is -0.462 e. The van der Waals surface area contributed by atoms with E-state index in [0.717, 1.165) is 19.3 Å². The Morgan fingerprint density at radius 2 is 1.88 bits per heavy atom. The molecule has 1 aromatic rings. The normalized spacial score (nSPS) is 11.1. The molecule has 0 aliphatic carbocycles. The number of hydrogen-bond donors (Lipinski definition) is 0. The Bertz CT molecular complexity index is 872. The van der Waals surface area contributed by atoms with Gasteiger partial charge in [0.1, 0.15) is 6.61 Å². The predicted octanol–water partition coefficient (Wildman–Crippen LogP) is 5.61. The van der Waals surface area contributed by atoms with Crippen LogP contribution >= 0.6 is 0 Å². The third-order valence-corrected chi connectivity index (χ3v) is 4.88. The van der Waals surface area contributed by atoms with Crippen molar-refractivity contribution >= 4 is 23.3 Å². The molecule has 0 aliphatic rings. The van der Waals surface area contributed by atoms with Crippen LogP contribution in [-0.4, -0.2) is 43.2 Å². The molecule has 0 saturated carbocycles. The lowest BCUT2D eigenvalue weighted by molar-refractivity contribution is -0.384. The Morgan fingerprint density at radius 3 is 2.48 bits per heavy atom. The van der Waals surface area contributed by atoms with Crippen LogP contribution in [-0.2, 0) is 14.3 Å². The number of anilines is 1. The zero-order valence-corrected chi connectivity index (χ0v) is 20.4. The highest BCUT2D eigenvalue weighted by molar-refractivity contribution is 6.03. The highest BCUT2D eigenvalue weighted by atomic mass is 16.6. The van der Waals surface area contributed by atoms with Gasteiger partial charge < -0.3 is 14.4 Å². The van der Waals surface area contributed by atoms with Gasteiger partial charge in [0.25, 0.3) is 11.6 Å². The van der Waals surface area contributed by atoms with Gasteiger partial charge in [-0.3, -0.25) is 14.9 Å². The standard InChI is InChI=1S/C25H36N2O6/c1-6-8-15-26(24(28)18-32-16-14-20(5)11-9-10-19(3)4)23-17-21(27(30)31)12-13-22(23)25(29)33-7-2/h10,12-14,17H,6-9,11,15-16,18H2,1-5H3. The Labute approximate surface area is 196 Å². The van der Waals surface area contributed by atoms with Crippen molar-refractivity contribution in [1.29, 1.82) is 0 Å². The first-order chi connectivity index (χ1) is 15.7. The van der Waals surface area contributed by atoms with E-state index in [2.05, 4.69) is 19.9 Å². The van der Waals surface area contributed by atoms with Crippen LogP contribution in [0.2, 0.25) is 0 Å². The molecule has 0 spiro atoms. The Balaban J connectivity index is 3.01. The average molecular weight is 461 g/mol. The Morgan fingerprint density at radius 1 is 1.15 bits per heavy atom. The molecule has 0 bridgehead atoms. The molecular weight excluding hydrogens is 424 g/mol. The fourth-order valence-electron chi connectivity index (χ4n) is 3.05. The second kappa shape index (κ2) is 14.9. The summed E-state index contributed by atoms with van der Waals surface area (Å²) < 4.78 is 10.7. The van der Waals surface area contributed by atoms with E-state index in [1.807, 2.05) is 19.9 Å². The van der Waals surface area contributed by atoms with E-state index in [1.54, 1.807) is 6.92 Å². The monoisotopic (exact) mass is 460 g/mol. The number of carbonyl (C=O) groups is 2. The molecule has 1 aromatic carbocycles. The molecule has 0 fully saturated rings. The van der Waals surface area contributed by atoms with Crippen molar-refractivity contribution in [3.05, 3.63) is 57.2 Å². The van der Waals surface area contributed by atoms with Gasteiger partial charge in [-0.05, 0) is 53.0 Å². The number of nitro benzene ring substituents is 1.